The lowest BCUT2D eigenvalue weighted by atomic mass is 10.1. The fourth-order valence-corrected chi connectivity index (χ4v) is 2.43. The highest BCUT2D eigenvalue weighted by Gasteiger charge is 2.04. The maximum Gasteiger partial charge on any atom is 0.142 e. The SMILES string of the molecule is COc1ccc(Cl)cc1NCc1ccc2cnccc2c1. The molecule has 3 aromatic rings. The van der Waals surface area contributed by atoms with Crippen LogP contribution >= 0.6 is 11.6 Å². The smallest absolute Gasteiger partial charge is 0.142 e. The molecule has 1 N–H and O–H groups in total. The summed E-state index contributed by atoms with van der Waals surface area (Å²) < 4.78 is 5.33. The van der Waals surface area contributed by atoms with E-state index < -0.39 is 0 Å². The lowest BCUT2D eigenvalue weighted by Gasteiger charge is -2.12. The van der Waals surface area contributed by atoms with Gasteiger partial charge in [0.25, 0.3) is 0 Å². The number of ether oxygens (including phenoxy) is 1. The van der Waals surface area contributed by atoms with Gasteiger partial charge in [-0.15, -0.1) is 0 Å². The fraction of sp³-hybridized carbons (Fsp3) is 0.118. The van der Waals surface area contributed by atoms with Crippen molar-refractivity contribution in [1.29, 1.82) is 0 Å². The Morgan fingerprint density at radius 3 is 2.86 bits per heavy atom. The number of halogens is 1. The number of hydrogen-bond donors (Lipinski definition) is 1. The Morgan fingerprint density at radius 1 is 1.10 bits per heavy atom. The highest BCUT2D eigenvalue weighted by Crippen LogP contribution is 2.28. The van der Waals surface area contributed by atoms with Gasteiger partial charge in [0, 0.05) is 29.3 Å². The molecule has 0 saturated heterocycles. The molecule has 0 amide bonds. The van der Waals surface area contributed by atoms with E-state index in [1.807, 2.05) is 30.5 Å². The van der Waals surface area contributed by atoms with Gasteiger partial charge in [-0.2, -0.15) is 0 Å². The van der Waals surface area contributed by atoms with E-state index in [1.165, 1.54) is 10.9 Å². The lowest BCUT2D eigenvalue weighted by Crippen LogP contribution is -2.01. The summed E-state index contributed by atoms with van der Waals surface area (Å²) in [5, 5.41) is 6.37. The first-order chi connectivity index (χ1) is 10.3. The molecule has 0 aliphatic heterocycles. The number of hydrogen-bond acceptors (Lipinski definition) is 3. The normalized spacial score (nSPS) is 10.6. The molecule has 0 unspecified atom stereocenters. The molecule has 0 bridgehead atoms. The number of nitrogens with one attached hydrogen (secondary N) is 1. The number of aromatic nitrogens is 1. The zero-order valence-electron chi connectivity index (χ0n) is 11.6. The van der Waals surface area contributed by atoms with Gasteiger partial charge in [-0.1, -0.05) is 23.7 Å². The van der Waals surface area contributed by atoms with Crippen molar-refractivity contribution in [3.05, 3.63) is 65.4 Å². The van der Waals surface area contributed by atoms with E-state index in [0.29, 0.717) is 11.6 Å². The standard InChI is InChI=1S/C17H15ClN2O/c1-21-17-5-4-15(18)9-16(17)20-10-12-2-3-14-11-19-7-6-13(14)8-12/h2-9,11,20H,10H2,1H3. The number of anilines is 1. The van der Waals surface area contributed by atoms with E-state index in [9.17, 15) is 0 Å². The molecule has 0 fully saturated rings. The Hall–Kier alpha value is -2.26. The number of methoxy groups -OCH3 is 1. The van der Waals surface area contributed by atoms with Gasteiger partial charge in [0.15, 0.2) is 0 Å². The second-order valence-electron chi connectivity index (χ2n) is 4.76. The van der Waals surface area contributed by atoms with E-state index >= 15 is 0 Å². The van der Waals surface area contributed by atoms with E-state index in [0.717, 1.165) is 16.8 Å². The van der Waals surface area contributed by atoms with Gasteiger partial charge in [-0.3, -0.25) is 4.98 Å². The van der Waals surface area contributed by atoms with Gasteiger partial charge in [0.2, 0.25) is 0 Å². The molecule has 106 valence electrons. The highest BCUT2D eigenvalue weighted by atomic mass is 35.5. The molecule has 0 aliphatic carbocycles. The first kappa shape index (κ1) is 13.7. The molecule has 3 rings (SSSR count). The van der Waals surface area contributed by atoms with Crippen LogP contribution < -0.4 is 10.1 Å². The molecule has 0 radical (unpaired) electrons. The molecule has 0 atom stereocenters. The summed E-state index contributed by atoms with van der Waals surface area (Å²) >= 11 is 6.03. The van der Waals surface area contributed by atoms with E-state index in [4.69, 9.17) is 16.3 Å². The third kappa shape index (κ3) is 3.09. The third-order valence-corrected chi connectivity index (χ3v) is 3.58. The predicted molar refractivity (Wildman–Crippen MR) is 87.1 cm³/mol. The van der Waals surface area contributed by atoms with Crippen molar-refractivity contribution in [3.8, 4) is 5.75 Å². The van der Waals surface area contributed by atoms with Crippen LogP contribution in [-0.4, -0.2) is 12.1 Å². The maximum absolute atomic E-state index is 6.03. The van der Waals surface area contributed by atoms with Crippen LogP contribution in [0.15, 0.2) is 54.9 Å². The van der Waals surface area contributed by atoms with Crippen LogP contribution in [0, 0.1) is 0 Å². The number of nitrogens with zero attached hydrogens (tertiary/aromatic N) is 1. The first-order valence-electron chi connectivity index (χ1n) is 6.66. The predicted octanol–water partition coefficient (Wildman–Crippen LogP) is 4.51. The Kier molecular flexibility index (Phi) is 3.93. The topological polar surface area (TPSA) is 34.1 Å². The van der Waals surface area contributed by atoms with Crippen molar-refractivity contribution >= 4 is 28.1 Å². The summed E-state index contributed by atoms with van der Waals surface area (Å²) in [6.45, 7) is 0.703. The van der Waals surface area contributed by atoms with E-state index in [-0.39, 0.29) is 0 Å². The number of pyridine rings is 1. The minimum atomic E-state index is 0.683. The van der Waals surface area contributed by atoms with Crippen LogP contribution in [0.2, 0.25) is 5.02 Å². The zero-order valence-corrected chi connectivity index (χ0v) is 12.4. The van der Waals surface area contributed by atoms with Gasteiger partial charge in [-0.05, 0) is 41.3 Å². The summed E-state index contributed by atoms with van der Waals surface area (Å²) in [7, 11) is 1.65. The second kappa shape index (κ2) is 6.02. The quantitative estimate of drug-likeness (QED) is 0.769. The average molecular weight is 299 g/mol. The Morgan fingerprint density at radius 2 is 2.00 bits per heavy atom. The fourth-order valence-electron chi connectivity index (χ4n) is 2.26. The Labute approximate surface area is 128 Å². The van der Waals surface area contributed by atoms with Crippen molar-refractivity contribution in [2.75, 3.05) is 12.4 Å². The van der Waals surface area contributed by atoms with Crippen molar-refractivity contribution in [3.63, 3.8) is 0 Å². The summed E-state index contributed by atoms with van der Waals surface area (Å²) in [6.07, 6.45) is 3.67. The average Bonchev–Trinajstić information content (AvgIpc) is 2.53. The van der Waals surface area contributed by atoms with Crippen molar-refractivity contribution in [2.24, 2.45) is 0 Å². The van der Waals surface area contributed by atoms with Crippen LogP contribution in [0.25, 0.3) is 10.8 Å². The molecular formula is C17H15ClN2O. The maximum atomic E-state index is 6.03. The molecule has 0 saturated carbocycles. The van der Waals surface area contributed by atoms with Crippen LogP contribution in [0.3, 0.4) is 0 Å². The molecule has 1 heterocycles. The molecular weight excluding hydrogens is 284 g/mol. The summed E-state index contributed by atoms with van der Waals surface area (Å²) in [5.41, 5.74) is 2.08. The Bertz CT molecular complexity index is 774. The molecule has 3 nitrogen and oxygen atoms in total. The van der Waals surface area contributed by atoms with Crippen LogP contribution in [0.5, 0.6) is 5.75 Å². The van der Waals surface area contributed by atoms with Gasteiger partial charge in [0.05, 0.1) is 12.8 Å². The molecule has 21 heavy (non-hydrogen) atoms. The third-order valence-electron chi connectivity index (χ3n) is 3.35. The second-order valence-corrected chi connectivity index (χ2v) is 5.19. The monoisotopic (exact) mass is 298 g/mol. The van der Waals surface area contributed by atoms with Gasteiger partial charge in [-0.25, -0.2) is 0 Å². The van der Waals surface area contributed by atoms with Gasteiger partial charge >= 0.3 is 0 Å². The van der Waals surface area contributed by atoms with Gasteiger partial charge in [0.1, 0.15) is 5.75 Å². The van der Waals surface area contributed by atoms with E-state index in [1.54, 1.807) is 13.3 Å². The van der Waals surface area contributed by atoms with Crippen molar-refractivity contribution in [1.82, 2.24) is 4.98 Å². The number of fused-ring (bicyclic) bond motifs is 1. The number of rotatable bonds is 4. The first-order valence-corrected chi connectivity index (χ1v) is 7.04. The molecule has 0 aliphatic rings. The number of benzene rings is 2. The summed E-state index contributed by atoms with van der Waals surface area (Å²) in [4.78, 5) is 4.12. The van der Waals surface area contributed by atoms with Crippen molar-refractivity contribution < 1.29 is 4.74 Å². The molecule has 0 spiro atoms. The molecule has 1 aromatic heterocycles. The molecule has 4 heteroatoms. The summed E-state index contributed by atoms with van der Waals surface area (Å²) in [6, 6.07) is 13.9. The Balaban J connectivity index is 1.81. The van der Waals surface area contributed by atoms with Gasteiger partial charge < -0.3 is 10.1 Å². The lowest BCUT2D eigenvalue weighted by molar-refractivity contribution is 0.416. The van der Waals surface area contributed by atoms with Crippen LogP contribution in [-0.2, 0) is 6.54 Å². The van der Waals surface area contributed by atoms with Crippen molar-refractivity contribution in [2.45, 2.75) is 6.54 Å². The largest absolute Gasteiger partial charge is 0.495 e. The molecule has 2 aromatic carbocycles. The summed E-state index contributed by atoms with van der Waals surface area (Å²) in [5.74, 6) is 0.782. The minimum absolute atomic E-state index is 0.683. The zero-order chi connectivity index (χ0) is 14.7. The van der Waals surface area contributed by atoms with Crippen LogP contribution in [0.1, 0.15) is 5.56 Å². The van der Waals surface area contributed by atoms with E-state index in [2.05, 4.69) is 28.5 Å². The van der Waals surface area contributed by atoms with Crippen LogP contribution in [0.4, 0.5) is 5.69 Å². The minimum Gasteiger partial charge on any atom is -0.495 e. The highest BCUT2D eigenvalue weighted by molar-refractivity contribution is 6.30.